The molecule has 236 valence electrons. The molecule has 0 atom stereocenters. The Hall–Kier alpha value is -4.16. The van der Waals surface area contributed by atoms with Gasteiger partial charge in [-0.15, -0.1) is 0 Å². The van der Waals surface area contributed by atoms with Crippen LogP contribution in [-0.2, 0) is 4.79 Å². The highest BCUT2D eigenvalue weighted by molar-refractivity contribution is 7.17. The second-order valence-electron chi connectivity index (χ2n) is 10.6. The zero-order chi connectivity index (χ0) is 31.5. The number of amides is 4. The fourth-order valence-electron chi connectivity index (χ4n) is 5.00. The Balaban J connectivity index is 1.33. The van der Waals surface area contributed by atoms with Crippen LogP contribution in [0.25, 0.3) is 0 Å². The molecular weight excluding hydrogens is 580 g/mol. The molecule has 4 rings (SSSR count). The van der Waals surface area contributed by atoms with E-state index in [4.69, 9.17) is 9.47 Å². The summed E-state index contributed by atoms with van der Waals surface area (Å²) in [6, 6.07) is 11.9. The molecule has 12 heteroatoms. The lowest BCUT2D eigenvalue weighted by molar-refractivity contribution is -0.116. The predicted molar refractivity (Wildman–Crippen MR) is 174 cm³/mol. The quantitative estimate of drug-likeness (QED) is 0.203. The summed E-state index contributed by atoms with van der Waals surface area (Å²) in [5.41, 5.74) is 1.77. The zero-order valence-electron chi connectivity index (χ0n) is 25.9. The smallest absolute Gasteiger partial charge is 0.319 e. The second kappa shape index (κ2) is 16.1. The van der Waals surface area contributed by atoms with E-state index < -0.39 is 0 Å². The summed E-state index contributed by atoms with van der Waals surface area (Å²) < 4.78 is 11.4. The lowest BCUT2D eigenvalue weighted by Crippen LogP contribution is -2.39. The summed E-state index contributed by atoms with van der Waals surface area (Å²) in [6.07, 6.45) is 6.90. The molecule has 1 saturated heterocycles. The van der Waals surface area contributed by atoms with Crippen LogP contribution in [0.3, 0.4) is 0 Å². The van der Waals surface area contributed by atoms with Crippen molar-refractivity contribution in [1.82, 2.24) is 15.2 Å². The highest BCUT2D eigenvalue weighted by Gasteiger charge is 2.17. The zero-order valence-corrected chi connectivity index (χ0v) is 26.7. The van der Waals surface area contributed by atoms with Gasteiger partial charge >= 0.3 is 6.03 Å². The van der Waals surface area contributed by atoms with Crippen molar-refractivity contribution in [2.24, 2.45) is 0 Å². The van der Waals surface area contributed by atoms with Crippen LogP contribution < -0.4 is 30.3 Å². The molecule has 1 fully saturated rings. The minimum atomic E-state index is -0.320. The molecule has 3 N–H and O–H groups in total. The van der Waals surface area contributed by atoms with Crippen molar-refractivity contribution in [3.05, 3.63) is 54.2 Å². The van der Waals surface area contributed by atoms with Crippen LogP contribution in [0.15, 0.2) is 48.7 Å². The number of anilines is 3. The van der Waals surface area contributed by atoms with Crippen LogP contribution in [0.2, 0.25) is 0 Å². The molecule has 1 aliphatic rings. The van der Waals surface area contributed by atoms with Crippen LogP contribution in [0, 0.1) is 0 Å². The number of nitrogens with one attached hydrogen (secondary N) is 3. The number of thiazole rings is 1. The average molecular weight is 623 g/mol. The van der Waals surface area contributed by atoms with E-state index in [1.165, 1.54) is 43.9 Å². The monoisotopic (exact) mass is 622 g/mol. The minimum Gasteiger partial charge on any atom is -0.493 e. The Morgan fingerprint density at radius 1 is 1.00 bits per heavy atom. The Labute approximate surface area is 262 Å². The molecule has 1 aromatic heterocycles. The van der Waals surface area contributed by atoms with Gasteiger partial charge in [-0.05, 0) is 75.2 Å². The molecule has 11 nitrogen and oxygen atoms in total. The van der Waals surface area contributed by atoms with Gasteiger partial charge in [-0.3, -0.25) is 14.9 Å². The summed E-state index contributed by atoms with van der Waals surface area (Å²) in [5, 5.41) is 9.38. The third-order valence-corrected chi connectivity index (χ3v) is 8.36. The van der Waals surface area contributed by atoms with E-state index >= 15 is 0 Å². The summed E-state index contributed by atoms with van der Waals surface area (Å²) in [4.78, 5) is 46.0. The SMILES string of the molecule is CCC(CC)NC(=O)Nc1ccc(Oc2cnc(NC(=O)c3ccc(N(CCN4CCCCC4)C(C)=O)cc3)s2)c(OC)c1. The van der Waals surface area contributed by atoms with Crippen LogP contribution >= 0.6 is 11.3 Å². The highest BCUT2D eigenvalue weighted by atomic mass is 32.1. The van der Waals surface area contributed by atoms with Gasteiger partial charge in [-0.25, -0.2) is 9.78 Å². The van der Waals surface area contributed by atoms with E-state index in [-0.39, 0.29) is 23.9 Å². The van der Waals surface area contributed by atoms with Crippen molar-refractivity contribution in [3.63, 3.8) is 0 Å². The highest BCUT2D eigenvalue weighted by Crippen LogP contribution is 2.37. The Bertz CT molecular complexity index is 1400. The number of aromatic nitrogens is 1. The standard InChI is InChI=1S/C32H42N6O5S/c1-5-24(6-2)34-31(41)35-25-12-15-27(28(20-25)42-4)43-29-21-33-32(44-29)36-30(40)23-10-13-26(14-11-23)38(22(3)39)19-18-37-16-8-7-9-17-37/h10-15,20-21,24H,5-9,16-19H2,1-4H3,(H,33,36,40)(H2,34,35,41). The molecule has 2 heterocycles. The maximum atomic E-state index is 12.9. The van der Waals surface area contributed by atoms with E-state index in [9.17, 15) is 14.4 Å². The predicted octanol–water partition coefficient (Wildman–Crippen LogP) is 6.35. The van der Waals surface area contributed by atoms with Gasteiger partial charge < -0.3 is 29.9 Å². The summed E-state index contributed by atoms with van der Waals surface area (Å²) in [5.74, 6) is 0.519. The van der Waals surface area contributed by atoms with E-state index in [0.29, 0.717) is 39.5 Å². The second-order valence-corrected chi connectivity index (χ2v) is 11.6. The molecule has 44 heavy (non-hydrogen) atoms. The van der Waals surface area contributed by atoms with Gasteiger partial charge in [-0.2, -0.15) is 0 Å². The number of likely N-dealkylation sites (tertiary alicyclic amines) is 1. The van der Waals surface area contributed by atoms with E-state index in [0.717, 1.165) is 38.2 Å². The molecule has 0 radical (unpaired) electrons. The molecule has 1 aliphatic heterocycles. The summed E-state index contributed by atoms with van der Waals surface area (Å²) in [7, 11) is 1.52. The number of carbonyl (C=O) groups is 3. The van der Waals surface area contributed by atoms with Crippen molar-refractivity contribution in [1.29, 1.82) is 0 Å². The first-order chi connectivity index (χ1) is 21.3. The maximum Gasteiger partial charge on any atom is 0.319 e. The number of methoxy groups -OCH3 is 1. The van der Waals surface area contributed by atoms with Gasteiger partial charge in [0.1, 0.15) is 0 Å². The molecule has 0 unspecified atom stereocenters. The Morgan fingerprint density at radius 2 is 1.73 bits per heavy atom. The molecule has 3 aromatic rings. The van der Waals surface area contributed by atoms with Crippen molar-refractivity contribution in [2.75, 3.05) is 48.8 Å². The summed E-state index contributed by atoms with van der Waals surface area (Å²) in [6.45, 7) is 9.21. The fourth-order valence-corrected chi connectivity index (χ4v) is 5.68. The number of hydrogen-bond donors (Lipinski definition) is 3. The first-order valence-electron chi connectivity index (χ1n) is 15.1. The van der Waals surface area contributed by atoms with Crippen LogP contribution in [0.1, 0.15) is 63.2 Å². The fraction of sp³-hybridized carbons (Fsp3) is 0.438. The number of urea groups is 1. The molecule has 0 spiro atoms. The van der Waals surface area contributed by atoms with Crippen molar-refractivity contribution in [3.8, 4) is 16.6 Å². The molecule has 4 amide bonds. The van der Waals surface area contributed by atoms with E-state index in [2.05, 4.69) is 25.8 Å². The molecular formula is C32H42N6O5S. The third kappa shape index (κ3) is 9.17. The van der Waals surface area contributed by atoms with Gasteiger partial charge in [0.2, 0.25) is 11.0 Å². The van der Waals surface area contributed by atoms with Crippen molar-refractivity contribution < 1.29 is 23.9 Å². The van der Waals surface area contributed by atoms with Gasteiger partial charge in [0, 0.05) is 49.1 Å². The summed E-state index contributed by atoms with van der Waals surface area (Å²) >= 11 is 1.17. The van der Waals surface area contributed by atoms with Crippen molar-refractivity contribution >= 4 is 45.7 Å². The van der Waals surface area contributed by atoms with Gasteiger partial charge in [0.05, 0.1) is 13.3 Å². The van der Waals surface area contributed by atoms with Gasteiger partial charge in [0.25, 0.3) is 5.91 Å². The van der Waals surface area contributed by atoms with Gasteiger partial charge in [-0.1, -0.05) is 31.6 Å². The molecule has 0 saturated carbocycles. The Morgan fingerprint density at radius 3 is 2.39 bits per heavy atom. The number of piperidine rings is 1. The number of hydrogen-bond acceptors (Lipinski definition) is 8. The van der Waals surface area contributed by atoms with Crippen LogP contribution in [0.4, 0.5) is 21.3 Å². The molecule has 0 bridgehead atoms. The topological polar surface area (TPSA) is 125 Å². The average Bonchev–Trinajstić information content (AvgIpc) is 3.47. The van der Waals surface area contributed by atoms with Gasteiger partial charge in [0.15, 0.2) is 16.6 Å². The first-order valence-corrected chi connectivity index (χ1v) is 15.9. The largest absolute Gasteiger partial charge is 0.493 e. The number of rotatable bonds is 13. The number of nitrogens with zero attached hydrogens (tertiary/aromatic N) is 3. The number of carbonyl (C=O) groups excluding carboxylic acids is 3. The Kier molecular flexibility index (Phi) is 12.0. The molecule has 2 aromatic carbocycles. The van der Waals surface area contributed by atoms with Crippen LogP contribution in [0.5, 0.6) is 16.6 Å². The number of benzene rings is 2. The first kappa shape index (κ1) is 32.7. The van der Waals surface area contributed by atoms with Crippen molar-refractivity contribution in [2.45, 2.75) is 58.9 Å². The lowest BCUT2D eigenvalue weighted by atomic mass is 10.1. The number of ether oxygens (including phenoxy) is 2. The lowest BCUT2D eigenvalue weighted by Gasteiger charge is -2.29. The maximum absolute atomic E-state index is 12.9. The normalized spacial score (nSPS) is 13.3. The van der Waals surface area contributed by atoms with Crippen LogP contribution in [-0.4, -0.2) is 67.1 Å². The minimum absolute atomic E-state index is 0.0281. The van der Waals surface area contributed by atoms with E-state index in [1.54, 1.807) is 54.3 Å². The van der Waals surface area contributed by atoms with E-state index in [1.807, 2.05) is 13.8 Å². The third-order valence-electron chi connectivity index (χ3n) is 7.57. The molecule has 0 aliphatic carbocycles.